The fraction of sp³-hybridized carbons (Fsp3) is 1.00. The first-order valence-corrected chi connectivity index (χ1v) is 5.33. The molecule has 0 aliphatic heterocycles. The van der Waals surface area contributed by atoms with E-state index in [1.54, 1.807) is 0 Å². The molecule has 0 heterocycles. The zero-order chi connectivity index (χ0) is 9.94. The Labute approximate surface area is 81.2 Å². The average molecular weight is 210 g/mol. The third-order valence-corrected chi connectivity index (χ3v) is 1.70. The van der Waals surface area contributed by atoms with Crippen LogP contribution in [-0.4, -0.2) is 41.7 Å². The molecule has 0 aliphatic rings. The molecule has 0 aliphatic carbocycles. The van der Waals surface area contributed by atoms with Crippen LogP contribution >= 0.6 is 0 Å². The van der Waals surface area contributed by atoms with Crippen LogP contribution in [0, 0.1) is 0 Å². The van der Waals surface area contributed by atoms with Crippen molar-refractivity contribution in [1.29, 1.82) is 0 Å². The van der Waals surface area contributed by atoms with E-state index >= 15 is 0 Å². The fourth-order valence-corrected chi connectivity index (χ4v) is 1.00. The van der Waals surface area contributed by atoms with Crippen molar-refractivity contribution in [2.75, 3.05) is 33.0 Å². The van der Waals surface area contributed by atoms with E-state index in [1.807, 2.05) is 6.92 Å². The summed E-state index contributed by atoms with van der Waals surface area (Å²) < 4.78 is 32.4. The Balaban J connectivity index is 2.87. The van der Waals surface area contributed by atoms with Crippen molar-refractivity contribution >= 4 is 11.3 Å². The lowest BCUT2D eigenvalue weighted by Crippen LogP contribution is -2.19. The van der Waals surface area contributed by atoms with E-state index in [2.05, 4.69) is 4.72 Å². The summed E-state index contributed by atoms with van der Waals surface area (Å²) in [5, 5.41) is 0. The third kappa shape index (κ3) is 12.0. The molecule has 0 aromatic rings. The summed E-state index contributed by atoms with van der Waals surface area (Å²) in [5.74, 6) is 0. The Hall–Kier alpha value is -0.0100. The Morgan fingerprint density at radius 1 is 1.31 bits per heavy atom. The lowest BCUT2D eigenvalue weighted by molar-refractivity contribution is 0.0523. The molecule has 80 valence electrons. The largest absolute Gasteiger partial charge is 0.760 e. The molecule has 0 aromatic heterocycles. The maximum absolute atomic E-state index is 10.0. The lowest BCUT2D eigenvalue weighted by atomic mass is 10.5. The number of rotatable bonds is 9. The molecule has 1 N–H and O–H groups in total. The monoisotopic (exact) mass is 210 g/mol. The minimum absolute atomic E-state index is 0.421. The molecule has 0 bridgehead atoms. The van der Waals surface area contributed by atoms with Gasteiger partial charge in [0.15, 0.2) is 0 Å². The second-order valence-corrected chi connectivity index (χ2v) is 3.05. The topological polar surface area (TPSA) is 70.6 Å². The molecule has 6 heteroatoms. The lowest BCUT2D eigenvalue weighted by Gasteiger charge is -2.07. The average Bonchev–Trinajstić information content (AvgIpc) is 2.09. The summed E-state index contributed by atoms with van der Waals surface area (Å²) in [6.07, 6.45) is 0.681. The van der Waals surface area contributed by atoms with Crippen LogP contribution < -0.4 is 4.72 Å². The molecular formula is C7H16NO4S-. The number of nitrogens with one attached hydrogen (secondary N) is 1. The smallest absolute Gasteiger partial charge is 0.0700 e. The Kier molecular flexibility index (Phi) is 10.1. The Morgan fingerprint density at radius 2 is 2.00 bits per heavy atom. The molecule has 0 radical (unpaired) electrons. The van der Waals surface area contributed by atoms with Gasteiger partial charge in [0.2, 0.25) is 0 Å². The van der Waals surface area contributed by atoms with Gasteiger partial charge in [0.05, 0.1) is 13.2 Å². The quantitative estimate of drug-likeness (QED) is 0.423. The highest BCUT2D eigenvalue weighted by Gasteiger charge is 1.89. The van der Waals surface area contributed by atoms with Crippen LogP contribution in [0.1, 0.15) is 13.3 Å². The maximum atomic E-state index is 10.0. The first-order valence-electron chi connectivity index (χ1n) is 4.25. The molecule has 0 aromatic carbocycles. The molecule has 0 spiro atoms. The van der Waals surface area contributed by atoms with Crippen LogP contribution in [0.3, 0.4) is 0 Å². The van der Waals surface area contributed by atoms with Crippen LogP contribution in [0.25, 0.3) is 0 Å². The Morgan fingerprint density at radius 3 is 2.62 bits per heavy atom. The zero-order valence-electron chi connectivity index (χ0n) is 7.78. The standard InChI is InChI=1S/C7H17NO4S/c1-2-11-6-7-12-5-3-4-8-13(9)10/h8H,2-7H2,1H3,(H,9,10)/p-1. The van der Waals surface area contributed by atoms with Crippen molar-refractivity contribution in [3.05, 3.63) is 0 Å². The van der Waals surface area contributed by atoms with Gasteiger partial charge in [0, 0.05) is 31.0 Å². The number of ether oxygens (including phenoxy) is 2. The molecule has 0 saturated carbocycles. The van der Waals surface area contributed by atoms with Gasteiger partial charge in [-0.2, -0.15) is 0 Å². The van der Waals surface area contributed by atoms with Gasteiger partial charge in [-0.15, -0.1) is 0 Å². The minimum Gasteiger partial charge on any atom is -0.760 e. The van der Waals surface area contributed by atoms with Crippen LogP contribution in [0.4, 0.5) is 0 Å². The van der Waals surface area contributed by atoms with Gasteiger partial charge in [-0.25, -0.2) is 4.72 Å². The van der Waals surface area contributed by atoms with Gasteiger partial charge >= 0.3 is 0 Å². The van der Waals surface area contributed by atoms with Crippen molar-refractivity contribution < 1.29 is 18.2 Å². The van der Waals surface area contributed by atoms with E-state index in [-0.39, 0.29) is 0 Å². The van der Waals surface area contributed by atoms with Gasteiger partial charge in [0.25, 0.3) is 0 Å². The molecule has 0 amide bonds. The molecule has 0 rings (SSSR count). The van der Waals surface area contributed by atoms with E-state index < -0.39 is 11.3 Å². The second kappa shape index (κ2) is 10.1. The minimum atomic E-state index is -2.16. The summed E-state index contributed by atoms with van der Waals surface area (Å²) in [6.45, 7) is 4.75. The second-order valence-electron chi connectivity index (χ2n) is 2.29. The van der Waals surface area contributed by atoms with Crippen molar-refractivity contribution in [2.45, 2.75) is 13.3 Å². The summed E-state index contributed by atoms with van der Waals surface area (Å²) in [7, 11) is 0. The first-order chi connectivity index (χ1) is 6.27. The third-order valence-electron chi connectivity index (χ3n) is 1.26. The van der Waals surface area contributed by atoms with Gasteiger partial charge in [0.1, 0.15) is 0 Å². The summed E-state index contributed by atoms with van der Waals surface area (Å²) in [6, 6.07) is 0. The van der Waals surface area contributed by atoms with Gasteiger partial charge in [-0.1, -0.05) is 0 Å². The molecule has 0 saturated heterocycles. The van der Waals surface area contributed by atoms with E-state index in [1.165, 1.54) is 0 Å². The molecule has 0 fully saturated rings. The maximum Gasteiger partial charge on any atom is 0.0700 e. The number of hydrogen-bond acceptors (Lipinski definition) is 4. The zero-order valence-corrected chi connectivity index (χ0v) is 8.60. The van der Waals surface area contributed by atoms with Crippen LogP contribution in [0.15, 0.2) is 0 Å². The van der Waals surface area contributed by atoms with Gasteiger partial charge in [-0.3, -0.25) is 4.21 Å². The van der Waals surface area contributed by atoms with E-state index in [0.29, 0.717) is 39.4 Å². The summed E-state index contributed by atoms with van der Waals surface area (Å²) in [4.78, 5) is 0. The van der Waals surface area contributed by atoms with Crippen LogP contribution in [-0.2, 0) is 20.7 Å². The summed E-state index contributed by atoms with van der Waals surface area (Å²) >= 11 is -2.16. The number of hydrogen-bond donors (Lipinski definition) is 1. The predicted molar refractivity (Wildman–Crippen MR) is 48.9 cm³/mol. The molecular weight excluding hydrogens is 194 g/mol. The first kappa shape index (κ1) is 13.0. The van der Waals surface area contributed by atoms with E-state index in [0.717, 1.165) is 0 Å². The van der Waals surface area contributed by atoms with Crippen molar-refractivity contribution in [2.24, 2.45) is 0 Å². The molecule has 5 nitrogen and oxygen atoms in total. The van der Waals surface area contributed by atoms with Gasteiger partial charge in [-0.05, 0) is 13.3 Å². The van der Waals surface area contributed by atoms with Crippen LogP contribution in [0.5, 0.6) is 0 Å². The van der Waals surface area contributed by atoms with E-state index in [4.69, 9.17) is 9.47 Å². The molecule has 1 unspecified atom stereocenters. The van der Waals surface area contributed by atoms with Crippen molar-refractivity contribution in [1.82, 2.24) is 4.72 Å². The highest BCUT2D eigenvalue weighted by molar-refractivity contribution is 7.77. The SMILES string of the molecule is CCOCCOCCCNS(=O)[O-]. The van der Waals surface area contributed by atoms with Crippen molar-refractivity contribution in [3.63, 3.8) is 0 Å². The highest BCUT2D eigenvalue weighted by atomic mass is 32.2. The molecule has 13 heavy (non-hydrogen) atoms. The fourth-order valence-electron chi connectivity index (χ4n) is 0.694. The van der Waals surface area contributed by atoms with Crippen molar-refractivity contribution in [3.8, 4) is 0 Å². The van der Waals surface area contributed by atoms with Gasteiger partial charge < -0.3 is 14.0 Å². The van der Waals surface area contributed by atoms with E-state index in [9.17, 15) is 8.76 Å². The molecule has 1 atom stereocenters. The predicted octanol–water partition coefficient (Wildman–Crippen LogP) is -0.187. The van der Waals surface area contributed by atoms with Crippen LogP contribution in [0.2, 0.25) is 0 Å². The highest BCUT2D eigenvalue weighted by Crippen LogP contribution is 1.82. The Bertz CT molecular complexity index is 134. The normalized spacial score (nSPS) is 13.1. The summed E-state index contributed by atoms with van der Waals surface area (Å²) in [5.41, 5.74) is 0.